The molecule has 8 heteroatoms. The maximum absolute atomic E-state index is 14.1. The van der Waals surface area contributed by atoms with Crippen molar-refractivity contribution in [3.63, 3.8) is 0 Å². The molecule has 1 aromatic rings. The average molecular weight is 363 g/mol. The van der Waals surface area contributed by atoms with Crippen LogP contribution in [0.1, 0.15) is 29.6 Å². The van der Waals surface area contributed by atoms with E-state index in [1.54, 1.807) is 0 Å². The minimum Gasteiger partial charge on any atom is -0.335 e. The largest absolute Gasteiger partial charge is 0.335 e. The highest BCUT2D eigenvalue weighted by Crippen LogP contribution is 2.26. The van der Waals surface area contributed by atoms with Crippen molar-refractivity contribution in [1.82, 2.24) is 4.90 Å². The van der Waals surface area contributed by atoms with Crippen LogP contribution in [0.5, 0.6) is 0 Å². The monoisotopic (exact) mass is 362 g/mol. The molecule has 5 nitrogen and oxygen atoms in total. The smallest absolute Gasteiger partial charge is 0.308 e. The Balaban J connectivity index is 2.41. The SMILES string of the molecule is O=C(c1cc(F)cc([N+](=O)[O-])c1F)N1CCCCC1CBr. The number of nitro groups is 1. The number of nitrogens with zero attached hydrogens (tertiary/aromatic N) is 2. The number of likely N-dealkylation sites (tertiary alicyclic amines) is 1. The van der Waals surface area contributed by atoms with E-state index in [4.69, 9.17) is 0 Å². The van der Waals surface area contributed by atoms with E-state index in [2.05, 4.69) is 15.9 Å². The minimum atomic E-state index is -1.29. The Labute approximate surface area is 128 Å². The molecule has 1 unspecified atom stereocenters. The van der Waals surface area contributed by atoms with Crippen molar-refractivity contribution in [3.05, 3.63) is 39.4 Å². The zero-order chi connectivity index (χ0) is 15.6. The lowest BCUT2D eigenvalue weighted by Gasteiger charge is -2.34. The maximum Gasteiger partial charge on any atom is 0.308 e. The molecule has 0 radical (unpaired) electrons. The van der Waals surface area contributed by atoms with Gasteiger partial charge >= 0.3 is 5.69 Å². The Bertz CT molecular complexity index is 583. The van der Waals surface area contributed by atoms with Crippen LogP contribution in [0.2, 0.25) is 0 Å². The van der Waals surface area contributed by atoms with Gasteiger partial charge in [0.1, 0.15) is 5.82 Å². The van der Waals surface area contributed by atoms with Gasteiger partial charge in [-0.05, 0) is 25.3 Å². The van der Waals surface area contributed by atoms with E-state index in [9.17, 15) is 23.7 Å². The third kappa shape index (κ3) is 3.20. The second-order valence-electron chi connectivity index (χ2n) is 4.85. The first-order valence-corrected chi connectivity index (χ1v) is 7.58. The van der Waals surface area contributed by atoms with Crippen LogP contribution in [0.15, 0.2) is 12.1 Å². The molecular formula is C13H13BrF2N2O3. The second kappa shape index (κ2) is 6.46. The fourth-order valence-electron chi connectivity index (χ4n) is 2.45. The van der Waals surface area contributed by atoms with E-state index in [0.29, 0.717) is 24.0 Å². The third-order valence-corrected chi connectivity index (χ3v) is 4.26. The summed E-state index contributed by atoms with van der Waals surface area (Å²) in [6, 6.07) is 1.07. The number of carbonyl (C=O) groups excluding carboxylic acids is 1. The lowest BCUT2D eigenvalue weighted by Crippen LogP contribution is -2.45. The predicted molar refractivity (Wildman–Crippen MR) is 75.5 cm³/mol. The molecule has 0 aliphatic carbocycles. The topological polar surface area (TPSA) is 63.4 Å². The first kappa shape index (κ1) is 15.8. The number of piperidine rings is 1. The maximum atomic E-state index is 14.1. The van der Waals surface area contributed by atoms with Crippen molar-refractivity contribution >= 4 is 27.5 Å². The van der Waals surface area contributed by atoms with Gasteiger partial charge in [-0.1, -0.05) is 15.9 Å². The van der Waals surface area contributed by atoms with E-state index in [1.165, 1.54) is 4.90 Å². The molecule has 1 heterocycles. The van der Waals surface area contributed by atoms with E-state index in [-0.39, 0.29) is 6.04 Å². The molecule has 1 fully saturated rings. The number of hydrogen-bond acceptors (Lipinski definition) is 3. The molecular weight excluding hydrogens is 350 g/mol. The van der Waals surface area contributed by atoms with Crippen LogP contribution in [-0.4, -0.2) is 33.6 Å². The van der Waals surface area contributed by atoms with Gasteiger partial charge in [0.2, 0.25) is 5.82 Å². The van der Waals surface area contributed by atoms with Crippen LogP contribution in [0.4, 0.5) is 14.5 Å². The molecule has 2 rings (SSSR count). The number of alkyl halides is 1. The highest BCUT2D eigenvalue weighted by molar-refractivity contribution is 9.09. The molecule has 0 saturated carbocycles. The number of rotatable bonds is 3. The summed E-state index contributed by atoms with van der Waals surface area (Å²) in [5, 5.41) is 11.2. The van der Waals surface area contributed by atoms with E-state index in [1.807, 2.05) is 0 Å². The van der Waals surface area contributed by atoms with Crippen molar-refractivity contribution in [3.8, 4) is 0 Å². The van der Waals surface area contributed by atoms with E-state index in [0.717, 1.165) is 19.3 Å². The standard InChI is InChI=1S/C13H13BrF2N2O3/c14-7-9-3-1-2-4-17(9)13(19)10-5-8(15)6-11(12(10)16)18(20)21/h5-6,9H,1-4,7H2. The first-order chi connectivity index (χ1) is 9.95. The molecule has 0 N–H and O–H groups in total. The van der Waals surface area contributed by atoms with Crippen LogP contribution in [0.25, 0.3) is 0 Å². The summed E-state index contributed by atoms with van der Waals surface area (Å²) in [5.74, 6) is -3.00. The predicted octanol–water partition coefficient (Wildman–Crippen LogP) is 3.26. The van der Waals surface area contributed by atoms with Gasteiger partial charge < -0.3 is 4.90 Å². The van der Waals surface area contributed by atoms with Gasteiger partial charge in [0.05, 0.1) is 16.6 Å². The highest BCUT2D eigenvalue weighted by Gasteiger charge is 2.31. The van der Waals surface area contributed by atoms with Crippen molar-refractivity contribution < 1.29 is 18.5 Å². The molecule has 1 atom stereocenters. The van der Waals surface area contributed by atoms with Gasteiger partial charge in [-0.25, -0.2) is 4.39 Å². The number of halogens is 3. The van der Waals surface area contributed by atoms with Crippen LogP contribution in [0.3, 0.4) is 0 Å². The number of amides is 1. The Morgan fingerprint density at radius 1 is 1.43 bits per heavy atom. The number of hydrogen-bond donors (Lipinski definition) is 0. The summed E-state index contributed by atoms with van der Waals surface area (Å²) < 4.78 is 27.5. The number of carbonyl (C=O) groups is 1. The molecule has 1 aliphatic rings. The van der Waals surface area contributed by atoms with Gasteiger partial charge in [0.25, 0.3) is 5.91 Å². The third-order valence-electron chi connectivity index (χ3n) is 3.51. The molecule has 1 amide bonds. The van der Waals surface area contributed by atoms with Gasteiger partial charge in [-0.3, -0.25) is 14.9 Å². The van der Waals surface area contributed by atoms with Crippen molar-refractivity contribution in [2.75, 3.05) is 11.9 Å². The molecule has 21 heavy (non-hydrogen) atoms. The molecule has 1 aromatic carbocycles. The van der Waals surface area contributed by atoms with Gasteiger partial charge in [0, 0.05) is 17.9 Å². The van der Waals surface area contributed by atoms with Crippen LogP contribution in [-0.2, 0) is 0 Å². The number of benzene rings is 1. The minimum absolute atomic E-state index is 0.118. The molecule has 114 valence electrons. The van der Waals surface area contributed by atoms with Gasteiger partial charge in [0.15, 0.2) is 0 Å². The van der Waals surface area contributed by atoms with Crippen molar-refractivity contribution in [2.45, 2.75) is 25.3 Å². The quantitative estimate of drug-likeness (QED) is 0.471. The molecule has 1 saturated heterocycles. The molecule has 0 spiro atoms. The first-order valence-electron chi connectivity index (χ1n) is 6.46. The fourth-order valence-corrected chi connectivity index (χ4v) is 3.12. The van der Waals surface area contributed by atoms with Crippen LogP contribution < -0.4 is 0 Å². The fraction of sp³-hybridized carbons (Fsp3) is 0.462. The van der Waals surface area contributed by atoms with Crippen molar-refractivity contribution in [1.29, 1.82) is 0 Å². The normalized spacial score (nSPS) is 18.6. The average Bonchev–Trinajstić information content (AvgIpc) is 2.48. The number of nitro benzene ring substituents is 1. The van der Waals surface area contributed by atoms with Crippen molar-refractivity contribution in [2.24, 2.45) is 0 Å². The lowest BCUT2D eigenvalue weighted by molar-refractivity contribution is -0.387. The van der Waals surface area contributed by atoms with E-state index >= 15 is 0 Å². The molecule has 0 aromatic heterocycles. The van der Waals surface area contributed by atoms with Crippen LogP contribution >= 0.6 is 15.9 Å². The lowest BCUT2D eigenvalue weighted by atomic mass is 10.0. The summed E-state index contributed by atoms with van der Waals surface area (Å²) in [7, 11) is 0. The van der Waals surface area contributed by atoms with Crippen LogP contribution in [0, 0.1) is 21.7 Å². The highest BCUT2D eigenvalue weighted by atomic mass is 79.9. The van der Waals surface area contributed by atoms with Gasteiger partial charge in [-0.15, -0.1) is 0 Å². The van der Waals surface area contributed by atoms with Gasteiger partial charge in [-0.2, -0.15) is 4.39 Å². The zero-order valence-electron chi connectivity index (χ0n) is 11.0. The molecule has 1 aliphatic heterocycles. The Hall–Kier alpha value is -1.57. The molecule has 0 bridgehead atoms. The zero-order valence-corrected chi connectivity index (χ0v) is 12.6. The summed E-state index contributed by atoms with van der Waals surface area (Å²) in [6.45, 7) is 0.429. The summed E-state index contributed by atoms with van der Waals surface area (Å²) >= 11 is 3.29. The summed E-state index contributed by atoms with van der Waals surface area (Å²) in [6.07, 6.45) is 2.48. The Morgan fingerprint density at radius 3 is 2.76 bits per heavy atom. The summed E-state index contributed by atoms with van der Waals surface area (Å²) in [5.41, 5.74) is -1.61. The van der Waals surface area contributed by atoms with E-state index < -0.39 is 33.7 Å². The summed E-state index contributed by atoms with van der Waals surface area (Å²) in [4.78, 5) is 23.5. The Morgan fingerprint density at radius 2 is 2.14 bits per heavy atom. The Kier molecular flexibility index (Phi) is 4.87. The second-order valence-corrected chi connectivity index (χ2v) is 5.49.